The van der Waals surface area contributed by atoms with Crippen LogP contribution in [0.1, 0.15) is 6.42 Å². The fourth-order valence-corrected chi connectivity index (χ4v) is 3.72. The molecule has 9 heteroatoms. The first-order chi connectivity index (χ1) is 9.41. The molecule has 2 rings (SSSR count). The Morgan fingerprint density at radius 3 is 2.50 bits per heavy atom. The first-order valence-electron chi connectivity index (χ1n) is 6.33. The smallest absolute Gasteiger partial charge is 0.304 e. The fourth-order valence-electron chi connectivity index (χ4n) is 2.19. The van der Waals surface area contributed by atoms with Crippen LogP contribution in [-0.2, 0) is 21.9 Å². The number of nitrogens with zero attached hydrogens (tertiary/aromatic N) is 4. The average molecular weight is 302 g/mol. The van der Waals surface area contributed by atoms with Gasteiger partial charge < -0.3 is 10.0 Å². The molecule has 1 saturated heterocycles. The summed E-state index contributed by atoms with van der Waals surface area (Å²) in [6, 6.07) is 1.48. The summed E-state index contributed by atoms with van der Waals surface area (Å²) >= 11 is 0. The summed E-state index contributed by atoms with van der Waals surface area (Å²) in [5.74, 6) is -0.838. The van der Waals surface area contributed by atoms with Crippen LogP contribution in [0.2, 0.25) is 0 Å². The summed E-state index contributed by atoms with van der Waals surface area (Å²) in [5.41, 5.74) is 0. The van der Waals surface area contributed by atoms with E-state index in [0.29, 0.717) is 32.7 Å². The third-order valence-electron chi connectivity index (χ3n) is 3.35. The molecule has 112 valence electrons. The van der Waals surface area contributed by atoms with Crippen LogP contribution in [0.15, 0.2) is 17.3 Å². The lowest BCUT2D eigenvalue weighted by atomic mass is 10.3. The van der Waals surface area contributed by atoms with Crippen LogP contribution in [0.5, 0.6) is 0 Å². The molecule has 1 aromatic rings. The normalized spacial score (nSPS) is 18.2. The monoisotopic (exact) mass is 302 g/mol. The molecule has 0 amide bonds. The maximum absolute atomic E-state index is 12.4. The van der Waals surface area contributed by atoms with Gasteiger partial charge in [-0.05, 0) is 6.07 Å². The van der Waals surface area contributed by atoms with E-state index in [9.17, 15) is 13.2 Å². The molecule has 0 bridgehead atoms. The van der Waals surface area contributed by atoms with Gasteiger partial charge in [-0.25, -0.2) is 8.42 Å². The minimum atomic E-state index is -3.51. The molecule has 0 aromatic carbocycles. The molecule has 1 fully saturated rings. The highest BCUT2D eigenvalue weighted by Gasteiger charge is 2.30. The summed E-state index contributed by atoms with van der Waals surface area (Å²) in [6.45, 7) is 2.28. The van der Waals surface area contributed by atoms with Crippen molar-refractivity contribution < 1.29 is 18.3 Å². The van der Waals surface area contributed by atoms with Crippen LogP contribution in [0, 0.1) is 0 Å². The Hall–Kier alpha value is -1.45. The zero-order valence-corrected chi connectivity index (χ0v) is 12.1. The first kappa shape index (κ1) is 14.9. The van der Waals surface area contributed by atoms with E-state index in [0.717, 1.165) is 0 Å². The van der Waals surface area contributed by atoms with E-state index in [-0.39, 0.29) is 11.4 Å². The number of rotatable bonds is 5. The zero-order chi connectivity index (χ0) is 14.8. The van der Waals surface area contributed by atoms with E-state index < -0.39 is 16.0 Å². The van der Waals surface area contributed by atoms with E-state index in [1.165, 1.54) is 21.3 Å². The Kier molecular flexibility index (Phi) is 4.41. The average Bonchev–Trinajstić information content (AvgIpc) is 2.84. The van der Waals surface area contributed by atoms with Crippen LogP contribution in [0.4, 0.5) is 0 Å². The van der Waals surface area contributed by atoms with Gasteiger partial charge in [0, 0.05) is 39.8 Å². The summed E-state index contributed by atoms with van der Waals surface area (Å²) in [5, 5.41) is 12.7. The van der Waals surface area contributed by atoms with E-state index in [1.54, 1.807) is 7.05 Å². The number of carboxylic acid groups (broad SMARTS) is 1. The Morgan fingerprint density at radius 2 is 2.00 bits per heavy atom. The molecule has 0 saturated carbocycles. The summed E-state index contributed by atoms with van der Waals surface area (Å²) in [7, 11) is -1.92. The maximum Gasteiger partial charge on any atom is 0.304 e. The van der Waals surface area contributed by atoms with Gasteiger partial charge in [0.05, 0.1) is 12.6 Å². The topological polar surface area (TPSA) is 95.7 Å². The minimum Gasteiger partial charge on any atom is -0.481 e. The van der Waals surface area contributed by atoms with E-state index in [1.807, 2.05) is 4.90 Å². The third-order valence-corrected chi connectivity index (χ3v) is 5.33. The van der Waals surface area contributed by atoms with Gasteiger partial charge in [0.15, 0.2) is 5.03 Å². The molecule has 1 aliphatic heterocycles. The summed E-state index contributed by atoms with van der Waals surface area (Å²) < 4.78 is 27.5. The van der Waals surface area contributed by atoms with Crippen LogP contribution in [0.25, 0.3) is 0 Å². The summed E-state index contributed by atoms with van der Waals surface area (Å²) in [6.07, 6.45) is 1.53. The maximum atomic E-state index is 12.4. The van der Waals surface area contributed by atoms with Gasteiger partial charge in [0.2, 0.25) is 0 Å². The van der Waals surface area contributed by atoms with Gasteiger partial charge in [-0.3, -0.25) is 9.48 Å². The number of sulfonamides is 1. The molecule has 1 aromatic heterocycles. The quantitative estimate of drug-likeness (QED) is 0.765. The molecule has 20 heavy (non-hydrogen) atoms. The highest BCUT2D eigenvalue weighted by molar-refractivity contribution is 7.89. The van der Waals surface area contributed by atoms with Crippen molar-refractivity contribution in [2.24, 2.45) is 7.05 Å². The standard InChI is InChI=1S/C11H18N4O4S/c1-13-10(2-4-12-13)20(18,19)15-8-6-14(7-9-15)5-3-11(16)17/h2,4H,3,5-9H2,1H3,(H,16,17). The van der Waals surface area contributed by atoms with Gasteiger partial charge in [0.1, 0.15) is 0 Å². The van der Waals surface area contributed by atoms with Crippen molar-refractivity contribution >= 4 is 16.0 Å². The molecule has 0 radical (unpaired) electrons. The fraction of sp³-hybridized carbons (Fsp3) is 0.636. The molecular formula is C11H18N4O4S. The van der Waals surface area contributed by atoms with Gasteiger partial charge >= 0.3 is 5.97 Å². The van der Waals surface area contributed by atoms with Crippen molar-refractivity contribution in [3.63, 3.8) is 0 Å². The Morgan fingerprint density at radius 1 is 1.35 bits per heavy atom. The number of aryl methyl sites for hydroxylation is 1. The number of carbonyl (C=O) groups is 1. The number of carboxylic acids is 1. The zero-order valence-electron chi connectivity index (χ0n) is 11.3. The molecule has 0 aliphatic carbocycles. The van der Waals surface area contributed by atoms with Gasteiger partial charge in [-0.1, -0.05) is 0 Å². The SMILES string of the molecule is Cn1nccc1S(=O)(=O)N1CCN(CCC(=O)O)CC1. The highest BCUT2D eigenvalue weighted by Crippen LogP contribution is 2.16. The van der Waals surface area contributed by atoms with Crippen molar-refractivity contribution in [1.29, 1.82) is 0 Å². The number of aromatic nitrogens is 2. The predicted octanol–water partition coefficient (Wildman–Crippen LogP) is -0.799. The lowest BCUT2D eigenvalue weighted by Crippen LogP contribution is -2.49. The van der Waals surface area contributed by atoms with E-state index in [2.05, 4.69) is 5.10 Å². The second kappa shape index (κ2) is 5.90. The molecule has 0 atom stereocenters. The van der Waals surface area contributed by atoms with Gasteiger partial charge in [0.25, 0.3) is 10.0 Å². The Balaban J connectivity index is 1.97. The van der Waals surface area contributed by atoms with Crippen molar-refractivity contribution in [3.8, 4) is 0 Å². The van der Waals surface area contributed by atoms with Crippen LogP contribution in [0.3, 0.4) is 0 Å². The van der Waals surface area contributed by atoms with Crippen molar-refractivity contribution in [1.82, 2.24) is 19.0 Å². The number of aliphatic carboxylic acids is 1. The highest BCUT2D eigenvalue weighted by atomic mass is 32.2. The number of hydrogen-bond acceptors (Lipinski definition) is 5. The molecule has 2 heterocycles. The number of hydrogen-bond donors (Lipinski definition) is 1. The molecule has 0 unspecified atom stereocenters. The second-order valence-electron chi connectivity index (χ2n) is 4.68. The van der Waals surface area contributed by atoms with Crippen molar-refractivity contribution in [2.75, 3.05) is 32.7 Å². The Bertz CT molecular complexity index is 575. The van der Waals surface area contributed by atoms with Crippen molar-refractivity contribution in [3.05, 3.63) is 12.3 Å². The van der Waals surface area contributed by atoms with E-state index >= 15 is 0 Å². The van der Waals surface area contributed by atoms with Crippen LogP contribution >= 0.6 is 0 Å². The molecular weight excluding hydrogens is 284 g/mol. The minimum absolute atomic E-state index is 0.0779. The number of piperazine rings is 1. The van der Waals surface area contributed by atoms with Gasteiger partial charge in [-0.15, -0.1) is 0 Å². The summed E-state index contributed by atoms with van der Waals surface area (Å²) in [4.78, 5) is 12.5. The lowest BCUT2D eigenvalue weighted by Gasteiger charge is -2.33. The molecule has 0 spiro atoms. The van der Waals surface area contributed by atoms with Crippen LogP contribution in [-0.4, -0.2) is 71.2 Å². The first-order valence-corrected chi connectivity index (χ1v) is 7.77. The second-order valence-corrected chi connectivity index (χ2v) is 6.57. The van der Waals surface area contributed by atoms with E-state index in [4.69, 9.17) is 5.11 Å². The van der Waals surface area contributed by atoms with Gasteiger partial charge in [-0.2, -0.15) is 9.40 Å². The predicted molar refractivity (Wildman–Crippen MR) is 70.7 cm³/mol. The lowest BCUT2D eigenvalue weighted by molar-refractivity contribution is -0.137. The molecule has 8 nitrogen and oxygen atoms in total. The Labute approximate surface area is 117 Å². The molecule has 1 aliphatic rings. The van der Waals surface area contributed by atoms with Crippen LogP contribution < -0.4 is 0 Å². The third kappa shape index (κ3) is 3.17. The molecule has 1 N–H and O–H groups in total. The largest absolute Gasteiger partial charge is 0.481 e. The van der Waals surface area contributed by atoms with Crippen molar-refractivity contribution in [2.45, 2.75) is 11.4 Å².